The van der Waals surface area contributed by atoms with Gasteiger partial charge in [0.25, 0.3) is 5.91 Å². The second kappa shape index (κ2) is 7.57. The van der Waals surface area contributed by atoms with Crippen molar-refractivity contribution in [3.8, 4) is 0 Å². The van der Waals surface area contributed by atoms with Crippen LogP contribution in [0.3, 0.4) is 0 Å². The molecule has 4 nitrogen and oxygen atoms in total. The van der Waals surface area contributed by atoms with E-state index in [0.29, 0.717) is 5.02 Å². The van der Waals surface area contributed by atoms with E-state index in [1.54, 1.807) is 0 Å². The van der Waals surface area contributed by atoms with Crippen molar-refractivity contribution in [3.05, 3.63) is 70.2 Å². The fourth-order valence-electron chi connectivity index (χ4n) is 2.15. The lowest BCUT2D eigenvalue weighted by Crippen LogP contribution is -2.42. The number of nitrogens with one attached hydrogen (secondary N) is 1. The van der Waals surface area contributed by atoms with Crippen LogP contribution in [-0.4, -0.2) is 23.0 Å². The van der Waals surface area contributed by atoms with Gasteiger partial charge in [0.05, 0.1) is 5.56 Å². The van der Waals surface area contributed by atoms with E-state index in [-0.39, 0.29) is 17.5 Å². The summed E-state index contributed by atoms with van der Waals surface area (Å²) in [7, 11) is 0. The maximum atomic E-state index is 12.7. The molecule has 0 heterocycles. The molecule has 1 amide bonds. The van der Waals surface area contributed by atoms with Crippen molar-refractivity contribution in [3.63, 3.8) is 0 Å². The molecule has 0 saturated carbocycles. The number of carbonyl (C=O) groups is 2. The fraction of sp³-hybridized carbons (Fsp3) is 0.176. The maximum Gasteiger partial charge on any atom is 0.416 e. The Morgan fingerprint density at radius 2 is 1.76 bits per heavy atom. The predicted molar refractivity (Wildman–Crippen MR) is 85.5 cm³/mol. The van der Waals surface area contributed by atoms with Gasteiger partial charge in [-0.05, 0) is 35.9 Å². The van der Waals surface area contributed by atoms with Crippen LogP contribution in [0, 0.1) is 0 Å². The second-order valence-electron chi connectivity index (χ2n) is 5.27. The third-order valence-corrected chi connectivity index (χ3v) is 3.66. The summed E-state index contributed by atoms with van der Waals surface area (Å²) < 4.78 is 38.2. The fourth-order valence-corrected chi connectivity index (χ4v) is 2.28. The quantitative estimate of drug-likeness (QED) is 0.840. The van der Waals surface area contributed by atoms with Crippen LogP contribution in [0.1, 0.15) is 21.5 Å². The molecule has 2 rings (SSSR count). The SMILES string of the molecule is O=C(N[C@@H](Cc1cccc(C(F)(F)F)c1)C(=O)O)c1ccc(Cl)cc1. The zero-order chi connectivity index (χ0) is 18.6. The Hall–Kier alpha value is -2.54. The molecule has 0 aliphatic heterocycles. The number of rotatable bonds is 5. The molecule has 25 heavy (non-hydrogen) atoms. The van der Waals surface area contributed by atoms with Crippen molar-refractivity contribution >= 4 is 23.5 Å². The highest BCUT2D eigenvalue weighted by Crippen LogP contribution is 2.29. The van der Waals surface area contributed by atoms with Crippen molar-refractivity contribution in [2.75, 3.05) is 0 Å². The van der Waals surface area contributed by atoms with Crippen LogP contribution >= 0.6 is 11.6 Å². The Morgan fingerprint density at radius 1 is 1.12 bits per heavy atom. The van der Waals surface area contributed by atoms with E-state index in [2.05, 4.69) is 5.32 Å². The minimum absolute atomic E-state index is 0.152. The summed E-state index contributed by atoms with van der Waals surface area (Å²) in [6.45, 7) is 0. The number of amides is 1. The van der Waals surface area contributed by atoms with E-state index in [4.69, 9.17) is 11.6 Å². The lowest BCUT2D eigenvalue weighted by atomic mass is 10.0. The zero-order valence-corrected chi connectivity index (χ0v) is 13.4. The van der Waals surface area contributed by atoms with Gasteiger partial charge in [0.2, 0.25) is 0 Å². The Kier molecular flexibility index (Phi) is 5.69. The van der Waals surface area contributed by atoms with E-state index >= 15 is 0 Å². The van der Waals surface area contributed by atoms with Crippen LogP contribution in [0.5, 0.6) is 0 Å². The molecule has 0 fully saturated rings. The molecular formula is C17H13ClF3NO3. The van der Waals surface area contributed by atoms with Gasteiger partial charge in [-0.15, -0.1) is 0 Å². The first-order valence-corrected chi connectivity index (χ1v) is 7.50. The molecule has 0 unspecified atom stereocenters. The second-order valence-corrected chi connectivity index (χ2v) is 5.71. The average molecular weight is 372 g/mol. The van der Waals surface area contributed by atoms with Gasteiger partial charge in [-0.1, -0.05) is 29.8 Å². The van der Waals surface area contributed by atoms with Gasteiger partial charge >= 0.3 is 12.1 Å². The molecule has 0 aliphatic carbocycles. The summed E-state index contributed by atoms with van der Waals surface area (Å²) in [5, 5.41) is 12.0. The number of hydrogen-bond acceptors (Lipinski definition) is 2. The maximum absolute atomic E-state index is 12.7. The number of aliphatic carboxylic acids is 1. The van der Waals surface area contributed by atoms with E-state index in [1.807, 2.05) is 0 Å². The molecule has 2 N–H and O–H groups in total. The monoisotopic (exact) mass is 371 g/mol. The van der Waals surface area contributed by atoms with Gasteiger partial charge in [-0.2, -0.15) is 13.2 Å². The van der Waals surface area contributed by atoms with E-state index in [9.17, 15) is 27.9 Å². The Bertz CT molecular complexity index is 775. The molecule has 0 radical (unpaired) electrons. The molecule has 0 bridgehead atoms. The Labute approximate surface area is 146 Å². The molecule has 132 valence electrons. The van der Waals surface area contributed by atoms with Crippen molar-refractivity contribution in [1.29, 1.82) is 0 Å². The topological polar surface area (TPSA) is 66.4 Å². The number of halogens is 4. The largest absolute Gasteiger partial charge is 0.480 e. The first-order valence-electron chi connectivity index (χ1n) is 7.12. The van der Waals surface area contributed by atoms with Crippen molar-refractivity contribution in [2.24, 2.45) is 0 Å². The lowest BCUT2D eigenvalue weighted by Gasteiger charge is -2.16. The summed E-state index contributed by atoms with van der Waals surface area (Å²) in [6.07, 6.45) is -4.81. The van der Waals surface area contributed by atoms with Crippen LogP contribution in [-0.2, 0) is 17.4 Å². The predicted octanol–water partition coefficient (Wildman–Crippen LogP) is 3.78. The van der Waals surface area contributed by atoms with Gasteiger partial charge in [-0.3, -0.25) is 4.79 Å². The highest BCUT2D eigenvalue weighted by molar-refractivity contribution is 6.30. The standard InChI is InChI=1S/C17H13ClF3NO3/c18-13-6-4-11(5-7-13)15(23)22-14(16(24)25)9-10-2-1-3-12(8-10)17(19,20)21/h1-8,14H,9H2,(H,22,23)(H,24,25)/t14-/m0/s1. The molecule has 2 aromatic carbocycles. The molecule has 0 aliphatic rings. The first-order chi connectivity index (χ1) is 11.7. The molecule has 0 spiro atoms. The number of hydrogen-bond donors (Lipinski definition) is 2. The Balaban J connectivity index is 2.15. The van der Waals surface area contributed by atoms with Gasteiger partial charge in [0.1, 0.15) is 6.04 Å². The smallest absolute Gasteiger partial charge is 0.416 e. The van der Waals surface area contributed by atoms with Crippen LogP contribution < -0.4 is 5.32 Å². The normalized spacial score (nSPS) is 12.5. The highest BCUT2D eigenvalue weighted by Gasteiger charge is 2.31. The minimum atomic E-state index is -4.53. The van der Waals surface area contributed by atoms with Crippen molar-refractivity contribution in [2.45, 2.75) is 18.6 Å². The molecule has 2 aromatic rings. The van der Waals surface area contributed by atoms with Crippen molar-refractivity contribution in [1.82, 2.24) is 5.32 Å². The number of carbonyl (C=O) groups excluding carboxylic acids is 1. The molecule has 1 atom stereocenters. The van der Waals surface area contributed by atoms with Gasteiger partial charge in [0.15, 0.2) is 0 Å². The lowest BCUT2D eigenvalue weighted by molar-refractivity contribution is -0.139. The third-order valence-electron chi connectivity index (χ3n) is 3.40. The number of alkyl halides is 3. The van der Waals surface area contributed by atoms with Crippen LogP contribution in [0.4, 0.5) is 13.2 Å². The van der Waals surface area contributed by atoms with Crippen LogP contribution in [0.15, 0.2) is 48.5 Å². The van der Waals surface area contributed by atoms with E-state index in [1.165, 1.54) is 36.4 Å². The summed E-state index contributed by atoms with van der Waals surface area (Å²) in [5.41, 5.74) is -0.531. The zero-order valence-electron chi connectivity index (χ0n) is 12.7. The first kappa shape index (κ1) is 18.8. The summed E-state index contributed by atoms with van der Waals surface area (Å²) in [4.78, 5) is 23.4. The summed E-state index contributed by atoms with van der Waals surface area (Å²) >= 11 is 5.71. The number of carboxylic acids is 1. The Morgan fingerprint density at radius 3 is 2.32 bits per heavy atom. The highest BCUT2D eigenvalue weighted by atomic mass is 35.5. The summed E-state index contributed by atoms with van der Waals surface area (Å²) in [6, 6.07) is 8.74. The molecule has 8 heteroatoms. The number of carboxylic acid groups (broad SMARTS) is 1. The summed E-state index contributed by atoms with van der Waals surface area (Å²) in [5.74, 6) is -2.00. The van der Waals surface area contributed by atoms with E-state index < -0.39 is 29.7 Å². The van der Waals surface area contributed by atoms with Gasteiger partial charge in [-0.25, -0.2) is 4.79 Å². The van der Waals surface area contributed by atoms with Gasteiger partial charge in [0, 0.05) is 17.0 Å². The third kappa shape index (κ3) is 5.22. The minimum Gasteiger partial charge on any atom is -0.480 e. The van der Waals surface area contributed by atoms with Crippen LogP contribution in [0.2, 0.25) is 5.02 Å². The average Bonchev–Trinajstić information content (AvgIpc) is 2.54. The van der Waals surface area contributed by atoms with E-state index in [0.717, 1.165) is 12.1 Å². The number of benzene rings is 2. The van der Waals surface area contributed by atoms with Crippen molar-refractivity contribution < 1.29 is 27.9 Å². The van der Waals surface area contributed by atoms with Gasteiger partial charge < -0.3 is 10.4 Å². The molecule has 0 saturated heterocycles. The van der Waals surface area contributed by atoms with Crippen LogP contribution in [0.25, 0.3) is 0 Å². The molecule has 0 aromatic heterocycles. The molecular weight excluding hydrogens is 359 g/mol.